The van der Waals surface area contributed by atoms with Crippen molar-refractivity contribution in [1.82, 2.24) is 9.91 Å². The summed E-state index contributed by atoms with van der Waals surface area (Å²) >= 11 is 0. The Morgan fingerprint density at radius 2 is 1.61 bits per heavy atom. The molecule has 6 N–H and O–H groups in total. The van der Waals surface area contributed by atoms with E-state index in [2.05, 4.69) is 15.3 Å². The van der Waals surface area contributed by atoms with Crippen molar-refractivity contribution in [2.75, 3.05) is 45.7 Å². The number of likely N-dealkylation sites (N-methyl/N-ethyl adjacent to an activating group) is 1. The summed E-state index contributed by atoms with van der Waals surface area (Å²) in [6.45, 7) is 15.1. The van der Waals surface area contributed by atoms with Crippen molar-refractivity contribution >= 4 is 40.3 Å². The number of Topliss-reactive ketones (excluding diaryl/α,β-unsaturated/α-hetero) is 1. The van der Waals surface area contributed by atoms with Gasteiger partial charge in [0.2, 0.25) is 0 Å². The van der Waals surface area contributed by atoms with Gasteiger partial charge in [-0.1, -0.05) is 45.9 Å². The number of methoxy groups -OCH3 is 1. The molecular formula is C43H58N4O12. The van der Waals surface area contributed by atoms with E-state index in [0.717, 1.165) is 13.1 Å². The van der Waals surface area contributed by atoms with E-state index in [9.17, 15) is 39.9 Å². The third-order valence-electron chi connectivity index (χ3n) is 11.9. The molecular weight excluding hydrogens is 764 g/mol. The highest BCUT2D eigenvalue weighted by Gasteiger charge is 2.50. The number of benzene rings is 2. The number of ketones is 1. The first-order chi connectivity index (χ1) is 27.7. The average Bonchev–Trinajstić information content (AvgIpc) is 3.46. The van der Waals surface area contributed by atoms with Crippen molar-refractivity contribution in [2.24, 2.45) is 28.8 Å². The number of nitrogens with one attached hydrogen (secondary N) is 1. The third-order valence-corrected chi connectivity index (χ3v) is 11.9. The zero-order valence-corrected chi connectivity index (χ0v) is 35.3. The first-order valence-corrected chi connectivity index (χ1v) is 19.8. The van der Waals surface area contributed by atoms with Crippen LogP contribution in [0.25, 0.3) is 10.8 Å². The van der Waals surface area contributed by atoms with Crippen LogP contribution in [0.1, 0.15) is 70.0 Å². The van der Waals surface area contributed by atoms with Crippen LogP contribution in [-0.2, 0) is 23.8 Å². The Balaban J connectivity index is 1.70. The van der Waals surface area contributed by atoms with Crippen molar-refractivity contribution < 1.29 is 58.9 Å². The van der Waals surface area contributed by atoms with Crippen molar-refractivity contribution in [3.63, 3.8) is 0 Å². The van der Waals surface area contributed by atoms with Gasteiger partial charge in [0.1, 0.15) is 23.4 Å². The number of hydrogen-bond donors (Lipinski definition) is 6. The predicted octanol–water partition coefficient (Wildman–Crippen LogP) is 4.34. The van der Waals surface area contributed by atoms with Gasteiger partial charge in [-0.25, -0.2) is 0 Å². The van der Waals surface area contributed by atoms with Crippen LogP contribution in [0.5, 0.6) is 23.0 Å². The number of esters is 1. The molecule has 4 aliphatic heterocycles. The summed E-state index contributed by atoms with van der Waals surface area (Å²) in [7, 11) is 3.42. The minimum absolute atomic E-state index is 0.0559. The molecule has 1 saturated heterocycles. The van der Waals surface area contributed by atoms with E-state index in [1.54, 1.807) is 44.9 Å². The van der Waals surface area contributed by atoms with Crippen LogP contribution in [0.4, 0.5) is 5.69 Å². The van der Waals surface area contributed by atoms with Crippen molar-refractivity contribution in [1.29, 1.82) is 0 Å². The maximum Gasteiger partial charge on any atom is 0.312 e. The molecule has 4 heterocycles. The van der Waals surface area contributed by atoms with E-state index in [4.69, 9.17) is 18.9 Å². The number of aromatic hydroxyl groups is 3. The standard InChI is InChI=1S/C43H58N4O12/c1-21-12-11-13-22(2)42(55)45-33-28(20-44-47-17-15-46(9)16-18-47)37(52)30-31(38(33)53)36(51)26(6)40-32(30)41(54)43(8,59-40)57-19-14-29(56-10)23(3)39(58-27(7)48)25(5)35(50)24(4)34(21)49/h11-14,19-21,23-25,29,34-35,39,49-53H,15-18H2,1-10H3,(H,45,55)/b12-11-,19-14-,22-13-,44-20+/t21-,23-,24+,25+,29+,34-,35+,39+,43-/m0/s1. The summed E-state index contributed by atoms with van der Waals surface area (Å²) in [4.78, 5) is 42.6. The highest BCUT2D eigenvalue weighted by Crippen LogP contribution is 2.55. The summed E-state index contributed by atoms with van der Waals surface area (Å²) < 4.78 is 23.6. The van der Waals surface area contributed by atoms with Gasteiger partial charge in [0.05, 0.1) is 53.0 Å². The van der Waals surface area contributed by atoms with Gasteiger partial charge in [-0.3, -0.25) is 19.4 Å². The number of allylic oxidation sites excluding steroid dienone is 2. The highest BCUT2D eigenvalue weighted by molar-refractivity contribution is 6.23. The number of aliphatic hydroxyl groups is 2. The summed E-state index contributed by atoms with van der Waals surface area (Å²) in [6.07, 6.45) is 4.86. The maximum absolute atomic E-state index is 14.4. The lowest BCUT2D eigenvalue weighted by Gasteiger charge is -2.38. The molecule has 0 radical (unpaired) electrons. The fourth-order valence-electron chi connectivity index (χ4n) is 7.92. The molecule has 16 nitrogen and oxygen atoms in total. The Bertz CT molecular complexity index is 2070. The molecule has 2 aromatic carbocycles. The van der Waals surface area contributed by atoms with Crippen LogP contribution in [0.15, 0.2) is 41.2 Å². The van der Waals surface area contributed by atoms with Gasteiger partial charge in [0, 0.05) is 87.3 Å². The number of hydrazone groups is 1. The Morgan fingerprint density at radius 3 is 2.24 bits per heavy atom. The van der Waals surface area contributed by atoms with Gasteiger partial charge in [-0.15, -0.1) is 0 Å². The molecule has 59 heavy (non-hydrogen) atoms. The van der Waals surface area contributed by atoms with Crippen LogP contribution in [0.2, 0.25) is 0 Å². The van der Waals surface area contributed by atoms with Crippen LogP contribution in [0, 0.1) is 30.6 Å². The van der Waals surface area contributed by atoms with Gasteiger partial charge >= 0.3 is 11.8 Å². The largest absolute Gasteiger partial charge is 0.507 e. The second-order valence-corrected chi connectivity index (χ2v) is 16.1. The van der Waals surface area contributed by atoms with Crippen molar-refractivity contribution in [3.8, 4) is 23.0 Å². The molecule has 16 heteroatoms. The maximum atomic E-state index is 14.4. The van der Waals surface area contributed by atoms with E-state index in [1.807, 2.05) is 7.05 Å². The Morgan fingerprint density at radius 1 is 0.949 bits per heavy atom. The number of rotatable bonds is 4. The summed E-state index contributed by atoms with van der Waals surface area (Å²) in [6, 6.07) is 0. The molecule has 1 amide bonds. The molecule has 5 bridgehead atoms. The number of piperazine rings is 1. The van der Waals surface area contributed by atoms with Gasteiger partial charge in [0.25, 0.3) is 11.7 Å². The zero-order valence-electron chi connectivity index (χ0n) is 35.3. The minimum atomic E-state index is -2.04. The summed E-state index contributed by atoms with van der Waals surface area (Å²) in [5.41, 5.74) is -0.350. The number of aliphatic hydroxyl groups excluding tert-OH is 2. The third kappa shape index (κ3) is 8.91. The van der Waals surface area contributed by atoms with E-state index >= 15 is 0 Å². The zero-order chi connectivity index (χ0) is 43.7. The Kier molecular flexibility index (Phi) is 13.7. The number of carbonyl (C=O) groups is 3. The molecule has 6 rings (SSSR count). The summed E-state index contributed by atoms with van der Waals surface area (Å²) in [5, 5.41) is 66.8. The first-order valence-electron chi connectivity index (χ1n) is 19.8. The second kappa shape index (κ2) is 18.0. The van der Waals surface area contributed by atoms with Crippen molar-refractivity contribution in [3.05, 3.63) is 52.8 Å². The predicted molar refractivity (Wildman–Crippen MR) is 220 cm³/mol. The molecule has 2 aromatic rings. The number of phenols is 3. The van der Waals surface area contributed by atoms with Crippen LogP contribution >= 0.6 is 0 Å². The number of phenolic OH excluding ortho intramolecular Hbond substituents is 3. The van der Waals surface area contributed by atoms with Crippen LogP contribution < -0.4 is 10.1 Å². The molecule has 0 saturated carbocycles. The fraction of sp³-hybridized carbons (Fsp3) is 0.535. The van der Waals surface area contributed by atoms with Crippen LogP contribution in [-0.4, -0.2) is 130 Å². The quantitative estimate of drug-likeness (QED) is 0.109. The molecule has 0 aliphatic carbocycles. The molecule has 9 atom stereocenters. The number of fused-ring (bicyclic) bond motifs is 14. The number of hydrogen-bond acceptors (Lipinski definition) is 15. The number of nitrogens with zero attached hydrogens (tertiary/aromatic N) is 3. The van der Waals surface area contributed by atoms with Gasteiger partial charge < -0.3 is 54.7 Å². The van der Waals surface area contributed by atoms with E-state index in [-0.39, 0.29) is 44.5 Å². The average molecular weight is 823 g/mol. The van der Waals surface area contributed by atoms with E-state index in [1.165, 1.54) is 59.4 Å². The number of carbonyl (C=O) groups excluding carboxylic acids is 3. The topological polar surface area (TPSA) is 220 Å². The second-order valence-electron chi connectivity index (χ2n) is 16.1. The lowest BCUT2D eigenvalue weighted by molar-refractivity contribution is -0.160. The minimum Gasteiger partial charge on any atom is -0.507 e. The smallest absolute Gasteiger partial charge is 0.312 e. The van der Waals surface area contributed by atoms with E-state index in [0.29, 0.717) is 13.1 Å². The molecule has 322 valence electrons. The fourth-order valence-corrected chi connectivity index (χ4v) is 7.92. The number of ether oxygens (including phenoxy) is 4. The van der Waals surface area contributed by atoms with Crippen molar-refractivity contribution in [2.45, 2.75) is 85.6 Å². The molecule has 0 aromatic heterocycles. The van der Waals surface area contributed by atoms with Gasteiger partial charge in [0.15, 0.2) is 5.75 Å². The number of anilines is 1. The molecule has 4 aliphatic rings. The normalized spacial score (nSPS) is 32.1. The SMILES string of the molecule is CO[C@@H]1/C=C\O[C@@]2(C)Oc3c(C)c(O)c4c(O)c(c(/C=N/N5CCN(C)CC5)c(O)c4c3C2=O)NC(=O)/C(C)=C\C=C/[C@H](C)[C@H](O)[C@@H](C)[C@@H](O)[C@@H](C)[C@H](OC(C)=O)[C@H]1C. The van der Waals surface area contributed by atoms with Crippen LogP contribution in [0.3, 0.4) is 0 Å². The summed E-state index contributed by atoms with van der Waals surface area (Å²) in [5.74, 6) is -8.34. The lowest BCUT2D eigenvalue weighted by Crippen LogP contribution is -2.46. The Hall–Kier alpha value is -5.16. The van der Waals surface area contributed by atoms with Gasteiger partial charge in [-0.2, -0.15) is 5.10 Å². The number of amides is 1. The van der Waals surface area contributed by atoms with Gasteiger partial charge in [-0.05, 0) is 27.0 Å². The lowest BCUT2D eigenvalue weighted by atomic mass is 9.78. The molecule has 0 spiro atoms. The monoisotopic (exact) mass is 822 g/mol. The highest BCUT2D eigenvalue weighted by atomic mass is 16.7. The Labute approximate surface area is 344 Å². The molecule has 0 unspecified atom stereocenters. The molecule has 1 fully saturated rings. The van der Waals surface area contributed by atoms with E-state index < -0.39 is 88.8 Å². The first kappa shape index (κ1) is 44.9.